The van der Waals surface area contributed by atoms with Crippen LogP contribution in [-0.4, -0.2) is 99.9 Å². The lowest BCUT2D eigenvalue weighted by Crippen LogP contribution is -2.67. The number of hydrogen-bond donors (Lipinski definition) is 2. The summed E-state index contributed by atoms with van der Waals surface area (Å²) >= 11 is 6.94. The van der Waals surface area contributed by atoms with E-state index < -0.39 is 0 Å². The minimum Gasteiger partial charge on any atom is -0.379 e. The lowest BCUT2D eigenvalue weighted by molar-refractivity contribution is -0.175. The largest absolute Gasteiger partial charge is 0.379 e. The summed E-state index contributed by atoms with van der Waals surface area (Å²) in [7, 11) is 0. The highest BCUT2D eigenvalue weighted by atomic mass is 35.5. The van der Waals surface area contributed by atoms with Gasteiger partial charge in [-0.1, -0.05) is 11.6 Å². The number of imidazole rings is 1. The number of fused-ring (bicyclic) bond motifs is 1. The summed E-state index contributed by atoms with van der Waals surface area (Å²) < 4.78 is 6.72. The molecule has 14 heteroatoms. The first-order chi connectivity index (χ1) is 20.3. The van der Waals surface area contributed by atoms with Crippen LogP contribution in [0.5, 0.6) is 0 Å². The zero-order chi connectivity index (χ0) is 29.0. The molecule has 0 atom stereocenters. The van der Waals surface area contributed by atoms with Crippen molar-refractivity contribution in [1.82, 2.24) is 29.4 Å². The van der Waals surface area contributed by atoms with Crippen molar-refractivity contribution in [2.24, 2.45) is 5.41 Å². The van der Waals surface area contributed by atoms with E-state index in [0.717, 1.165) is 57.8 Å². The van der Waals surface area contributed by atoms with Gasteiger partial charge in [-0.2, -0.15) is 20.0 Å². The van der Waals surface area contributed by atoms with Gasteiger partial charge < -0.3 is 25.2 Å². The third-order valence-corrected chi connectivity index (χ3v) is 8.90. The monoisotopic (exact) mass is 587 g/mol. The molecule has 0 unspecified atom stereocenters. The number of nitrogens with one attached hydrogen (secondary N) is 2. The maximum absolute atomic E-state index is 12.7. The molecule has 1 aromatic carbocycles. The number of aromatic nitrogens is 4. The van der Waals surface area contributed by atoms with Gasteiger partial charge in [0.05, 0.1) is 52.9 Å². The normalized spacial score (nSPS) is 20.4. The van der Waals surface area contributed by atoms with Crippen molar-refractivity contribution in [1.29, 1.82) is 10.5 Å². The van der Waals surface area contributed by atoms with Crippen LogP contribution < -0.4 is 15.5 Å². The Hall–Kier alpha value is -4.17. The van der Waals surface area contributed by atoms with E-state index >= 15 is 0 Å². The zero-order valence-corrected chi connectivity index (χ0v) is 23.9. The molecule has 5 heterocycles. The first kappa shape index (κ1) is 26.7. The number of halogens is 1. The topological polar surface area (TPSA) is 151 Å². The SMILES string of the molecule is CC1(C(=O)N2CC(N3CCN(c4cc(C#N)cc(Nc5nc(NC6CC6)c6ncc(C#N)n6n5)c4Cl)CC3)C2)COC1. The number of likely N-dealkylation sites (tertiary alicyclic amines) is 1. The maximum atomic E-state index is 12.7. The van der Waals surface area contributed by atoms with Gasteiger partial charge in [0.1, 0.15) is 6.07 Å². The molecule has 4 aliphatic rings. The molecule has 0 radical (unpaired) electrons. The average molecular weight is 588 g/mol. The molecule has 0 spiro atoms. The summed E-state index contributed by atoms with van der Waals surface area (Å²) in [6, 6.07) is 8.50. The molecular formula is C28H30ClN11O2. The quantitative estimate of drug-likeness (QED) is 0.418. The molecule has 42 heavy (non-hydrogen) atoms. The fourth-order valence-electron chi connectivity index (χ4n) is 5.74. The van der Waals surface area contributed by atoms with Crippen molar-refractivity contribution < 1.29 is 9.53 Å². The molecule has 2 aromatic heterocycles. The maximum Gasteiger partial charge on any atom is 0.247 e. The zero-order valence-electron chi connectivity index (χ0n) is 23.2. The Balaban J connectivity index is 1.07. The van der Waals surface area contributed by atoms with Crippen LogP contribution in [0, 0.1) is 28.1 Å². The highest BCUT2D eigenvalue weighted by Crippen LogP contribution is 2.37. The van der Waals surface area contributed by atoms with E-state index in [1.165, 1.54) is 10.7 Å². The van der Waals surface area contributed by atoms with Crippen molar-refractivity contribution in [2.75, 3.05) is 68.0 Å². The van der Waals surface area contributed by atoms with Gasteiger partial charge in [0, 0.05) is 51.4 Å². The number of carbonyl (C=O) groups excluding carboxylic acids is 1. The lowest BCUT2D eigenvalue weighted by atomic mass is 9.85. The minimum absolute atomic E-state index is 0.194. The van der Waals surface area contributed by atoms with Gasteiger partial charge in [0.2, 0.25) is 11.9 Å². The summed E-state index contributed by atoms with van der Waals surface area (Å²) in [6.45, 7) is 7.63. The Labute approximate surface area is 247 Å². The van der Waals surface area contributed by atoms with E-state index in [0.29, 0.717) is 53.0 Å². The van der Waals surface area contributed by atoms with Crippen LogP contribution in [-0.2, 0) is 9.53 Å². The first-order valence-electron chi connectivity index (χ1n) is 14.1. The molecule has 4 fully saturated rings. The Bertz CT molecular complexity index is 1640. The van der Waals surface area contributed by atoms with E-state index in [2.05, 4.69) is 47.6 Å². The van der Waals surface area contributed by atoms with Crippen LogP contribution in [0.25, 0.3) is 5.65 Å². The number of rotatable bonds is 7. The number of nitrogens with zero attached hydrogens (tertiary/aromatic N) is 9. The van der Waals surface area contributed by atoms with Gasteiger partial charge in [0.15, 0.2) is 17.2 Å². The summed E-state index contributed by atoms with van der Waals surface area (Å²) in [6.07, 6.45) is 3.56. The average Bonchev–Trinajstić information content (AvgIpc) is 3.68. The smallest absolute Gasteiger partial charge is 0.247 e. The van der Waals surface area contributed by atoms with Gasteiger partial charge >= 0.3 is 0 Å². The van der Waals surface area contributed by atoms with E-state index in [-0.39, 0.29) is 23.0 Å². The van der Waals surface area contributed by atoms with Crippen molar-refractivity contribution in [2.45, 2.75) is 31.8 Å². The molecular weight excluding hydrogens is 558 g/mol. The second-order valence-corrected chi connectivity index (χ2v) is 12.1. The van der Waals surface area contributed by atoms with Gasteiger partial charge in [-0.3, -0.25) is 9.69 Å². The number of anilines is 4. The fraction of sp³-hybridized carbons (Fsp3) is 0.500. The number of ether oxygens (including phenoxy) is 1. The lowest BCUT2D eigenvalue weighted by Gasteiger charge is -2.51. The van der Waals surface area contributed by atoms with Crippen LogP contribution in [0.4, 0.5) is 23.1 Å². The van der Waals surface area contributed by atoms with Gasteiger partial charge in [-0.15, -0.1) is 5.10 Å². The predicted octanol–water partition coefficient (Wildman–Crippen LogP) is 2.21. The molecule has 1 aliphatic carbocycles. The van der Waals surface area contributed by atoms with E-state index in [1.54, 1.807) is 6.07 Å². The highest BCUT2D eigenvalue weighted by Gasteiger charge is 2.47. The molecule has 13 nitrogen and oxygen atoms in total. The molecule has 216 valence electrons. The Kier molecular flexibility index (Phi) is 6.54. The first-order valence-corrected chi connectivity index (χ1v) is 14.5. The molecule has 3 saturated heterocycles. The molecule has 3 aromatic rings. The van der Waals surface area contributed by atoms with Gasteiger partial charge in [0.25, 0.3) is 0 Å². The van der Waals surface area contributed by atoms with E-state index in [1.807, 2.05) is 17.9 Å². The van der Waals surface area contributed by atoms with Crippen LogP contribution in [0.15, 0.2) is 18.3 Å². The minimum atomic E-state index is -0.360. The number of carbonyl (C=O) groups is 1. The third-order valence-electron chi connectivity index (χ3n) is 8.50. The highest BCUT2D eigenvalue weighted by molar-refractivity contribution is 6.36. The summed E-state index contributed by atoms with van der Waals surface area (Å²) in [5.74, 6) is 0.963. The van der Waals surface area contributed by atoms with Crippen molar-refractivity contribution in [3.63, 3.8) is 0 Å². The van der Waals surface area contributed by atoms with Crippen molar-refractivity contribution in [3.05, 3.63) is 34.6 Å². The van der Waals surface area contributed by atoms with E-state index in [4.69, 9.17) is 16.3 Å². The molecule has 1 amide bonds. The van der Waals surface area contributed by atoms with Crippen molar-refractivity contribution in [3.8, 4) is 12.1 Å². The number of benzene rings is 1. The Morgan fingerprint density at radius 3 is 2.55 bits per heavy atom. The van der Waals surface area contributed by atoms with Crippen LogP contribution in [0.1, 0.15) is 31.0 Å². The summed E-state index contributed by atoms with van der Waals surface area (Å²) in [5.41, 5.74) is 2.13. The predicted molar refractivity (Wildman–Crippen MR) is 155 cm³/mol. The molecule has 2 N–H and O–H groups in total. The van der Waals surface area contributed by atoms with Gasteiger partial charge in [-0.25, -0.2) is 4.98 Å². The molecule has 7 rings (SSSR count). The second kappa shape index (κ2) is 10.3. The van der Waals surface area contributed by atoms with Gasteiger partial charge in [-0.05, 0) is 31.9 Å². The summed E-state index contributed by atoms with van der Waals surface area (Å²) in [5, 5.41) is 30.8. The van der Waals surface area contributed by atoms with Crippen LogP contribution >= 0.6 is 11.6 Å². The molecule has 1 saturated carbocycles. The molecule has 3 aliphatic heterocycles. The number of amides is 1. The fourth-order valence-corrected chi connectivity index (χ4v) is 6.01. The van der Waals surface area contributed by atoms with Crippen LogP contribution in [0.3, 0.4) is 0 Å². The standard InChI is InChI=1S/C28H30ClN11O2/c1-28(15-42-16-28)26(41)39-13-20(14-39)37-4-6-38(7-5-37)22-9-17(10-30)8-21(23(22)29)34-27-35-24(33-18-2-3-18)25-32-12-19(11-31)40(25)36-27/h8-9,12,18,20H,2-7,13-16H2,1H3,(H2,33,34,35,36). The van der Waals surface area contributed by atoms with Crippen LogP contribution in [0.2, 0.25) is 5.02 Å². The Morgan fingerprint density at radius 1 is 1.14 bits per heavy atom. The Morgan fingerprint density at radius 2 is 1.90 bits per heavy atom. The number of hydrogen-bond acceptors (Lipinski definition) is 11. The second-order valence-electron chi connectivity index (χ2n) is 11.7. The number of piperazine rings is 1. The number of nitriles is 2. The molecule has 0 bridgehead atoms. The summed E-state index contributed by atoms with van der Waals surface area (Å²) in [4.78, 5) is 28.3. The third kappa shape index (κ3) is 4.73. The van der Waals surface area contributed by atoms with Crippen molar-refractivity contribution >= 4 is 46.3 Å². The van der Waals surface area contributed by atoms with E-state index in [9.17, 15) is 15.3 Å².